The summed E-state index contributed by atoms with van der Waals surface area (Å²) in [5, 5.41) is 0. The lowest BCUT2D eigenvalue weighted by molar-refractivity contribution is 0.897. The van der Waals surface area contributed by atoms with Crippen LogP contribution in [0.15, 0.2) is 60.7 Å². The zero-order valence-electron chi connectivity index (χ0n) is 16.1. The maximum atomic E-state index is 5.95. The van der Waals surface area contributed by atoms with Crippen molar-refractivity contribution >= 4 is 11.4 Å². The van der Waals surface area contributed by atoms with Gasteiger partial charge in [-0.15, -0.1) is 0 Å². The average molecular weight is 345 g/mol. The summed E-state index contributed by atoms with van der Waals surface area (Å²) >= 11 is 0. The van der Waals surface area contributed by atoms with Gasteiger partial charge in [0.1, 0.15) is 0 Å². The van der Waals surface area contributed by atoms with Gasteiger partial charge in [-0.3, -0.25) is 0 Å². The van der Waals surface area contributed by atoms with Crippen LogP contribution < -0.4 is 11.5 Å². The molecule has 0 aromatic heterocycles. The van der Waals surface area contributed by atoms with E-state index in [1.165, 1.54) is 22.3 Å². The van der Waals surface area contributed by atoms with E-state index in [9.17, 15) is 0 Å². The lowest BCUT2D eigenvalue weighted by Gasteiger charge is -2.17. The number of benzene rings is 3. The Kier molecular flexibility index (Phi) is 5.03. The van der Waals surface area contributed by atoms with Gasteiger partial charge in [-0.05, 0) is 59.4 Å². The number of nitrogen functional groups attached to an aromatic ring is 2. The zero-order chi connectivity index (χ0) is 18.8. The Morgan fingerprint density at radius 2 is 0.846 bits per heavy atom. The molecule has 0 fully saturated rings. The predicted molar refractivity (Wildman–Crippen MR) is 113 cm³/mol. The third kappa shape index (κ3) is 3.60. The molecule has 0 aliphatic rings. The molecule has 0 heterocycles. The molecule has 0 aliphatic carbocycles. The summed E-state index contributed by atoms with van der Waals surface area (Å²) in [6.07, 6.45) is 0. The molecule has 2 atom stereocenters. The Balaban J connectivity index is 1.83. The van der Waals surface area contributed by atoms with E-state index in [1.54, 1.807) is 0 Å². The minimum Gasteiger partial charge on any atom is -0.399 e. The van der Waals surface area contributed by atoms with E-state index in [-0.39, 0.29) is 0 Å². The maximum Gasteiger partial charge on any atom is 0.0343 e. The Morgan fingerprint density at radius 3 is 1.15 bits per heavy atom. The first-order valence-corrected chi connectivity index (χ1v) is 9.18. The number of nitrogens with two attached hydrogens (primary N) is 2. The van der Waals surface area contributed by atoms with Crippen LogP contribution in [0.5, 0.6) is 0 Å². The van der Waals surface area contributed by atoms with E-state index >= 15 is 0 Å². The van der Waals surface area contributed by atoms with Gasteiger partial charge in [-0.25, -0.2) is 0 Å². The molecule has 2 nitrogen and oxygen atoms in total. The number of hydrogen-bond donors (Lipinski definition) is 2. The minimum absolute atomic E-state index is 0.345. The number of hydrogen-bond acceptors (Lipinski definition) is 2. The zero-order valence-corrected chi connectivity index (χ0v) is 16.1. The largest absolute Gasteiger partial charge is 0.399 e. The van der Waals surface area contributed by atoms with Gasteiger partial charge < -0.3 is 11.5 Å². The fourth-order valence-electron chi connectivity index (χ4n) is 3.39. The first-order chi connectivity index (χ1) is 12.4. The first-order valence-electron chi connectivity index (χ1n) is 9.18. The second-order valence-electron chi connectivity index (χ2n) is 7.34. The number of anilines is 2. The van der Waals surface area contributed by atoms with E-state index in [0.717, 1.165) is 22.5 Å². The van der Waals surface area contributed by atoms with E-state index < -0.39 is 0 Å². The Labute approximate surface area is 156 Å². The molecule has 4 N–H and O–H groups in total. The van der Waals surface area contributed by atoms with Crippen LogP contribution in [0.4, 0.5) is 11.4 Å². The van der Waals surface area contributed by atoms with Crippen molar-refractivity contribution in [2.75, 3.05) is 11.5 Å². The highest BCUT2D eigenvalue weighted by molar-refractivity contribution is 5.51. The van der Waals surface area contributed by atoms with Gasteiger partial charge in [0.2, 0.25) is 0 Å². The molecular formula is C24H28N2. The van der Waals surface area contributed by atoms with Crippen LogP contribution in [-0.2, 0) is 0 Å². The number of rotatable bonds is 4. The van der Waals surface area contributed by atoms with Gasteiger partial charge in [0.15, 0.2) is 0 Å². The SMILES string of the molecule is Cc1cc(C(C)c2ccc(C(C)c3ccc(N)c(C)c3)cc2)ccc1N. The summed E-state index contributed by atoms with van der Waals surface area (Å²) in [7, 11) is 0. The highest BCUT2D eigenvalue weighted by atomic mass is 14.6. The molecule has 0 radical (unpaired) electrons. The van der Waals surface area contributed by atoms with Crippen molar-refractivity contribution in [3.05, 3.63) is 94.0 Å². The van der Waals surface area contributed by atoms with Crippen LogP contribution in [-0.4, -0.2) is 0 Å². The molecule has 3 aromatic carbocycles. The summed E-state index contributed by atoms with van der Waals surface area (Å²) in [5.41, 5.74) is 21.1. The van der Waals surface area contributed by atoms with Crippen LogP contribution in [0, 0.1) is 13.8 Å². The Hall–Kier alpha value is -2.74. The van der Waals surface area contributed by atoms with Gasteiger partial charge in [0.25, 0.3) is 0 Å². The van der Waals surface area contributed by atoms with Gasteiger partial charge in [0.05, 0.1) is 0 Å². The predicted octanol–water partition coefficient (Wildman–Crippen LogP) is 5.77. The molecule has 134 valence electrons. The first kappa shape index (κ1) is 18.1. The standard InChI is InChI=1S/C24H28N2/c1-15-13-21(9-11-23(15)25)17(3)19-5-7-20(8-6-19)18(4)22-10-12-24(26)16(2)14-22/h5-14,17-18H,25-26H2,1-4H3. The summed E-state index contributed by atoms with van der Waals surface area (Å²) in [6, 6.07) is 21.6. The van der Waals surface area contributed by atoms with Crippen molar-refractivity contribution in [3.63, 3.8) is 0 Å². The maximum absolute atomic E-state index is 5.95. The van der Waals surface area contributed by atoms with Gasteiger partial charge in [-0.1, -0.05) is 62.4 Å². The summed E-state index contributed by atoms with van der Waals surface area (Å²) in [6.45, 7) is 8.61. The van der Waals surface area contributed by atoms with Crippen molar-refractivity contribution in [2.45, 2.75) is 39.5 Å². The monoisotopic (exact) mass is 344 g/mol. The van der Waals surface area contributed by atoms with Gasteiger partial charge >= 0.3 is 0 Å². The molecule has 0 saturated heterocycles. The highest BCUT2D eigenvalue weighted by Crippen LogP contribution is 2.30. The van der Waals surface area contributed by atoms with E-state index in [0.29, 0.717) is 11.8 Å². The summed E-state index contributed by atoms with van der Waals surface area (Å²) in [5.74, 6) is 0.690. The molecule has 3 aromatic rings. The number of aryl methyl sites for hydroxylation is 2. The second kappa shape index (κ2) is 7.25. The lowest BCUT2D eigenvalue weighted by atomic mass is 9.88. The van der Waals surface area contributed by atoms with Crippen LogP contribution in [0.2, 0.25) is 0 Å². The highest BCUT2D eigenvalue weighted by Gasteiger charge is 2.13. The topological polar surface area (TPSA) is 52.0 Å². The van der Waals surface area contributed by atoms with E-state index in [1.807, 2.05) is 12.1 Å². The fourth-order valence-corrected chi connectivity index (χ4v) is 3.39. The smallest absolute Gasteiger partial charge is 0.0343 e. The van der Waals surface area contributed by atoms with Crippen molar-refractivity contribution in [1.29, 1.82) is 0 Å². The van der Waals surface area contributed by atoms with Crippen molar-refractivity contribution in [2.24, 2.45) is 0 Å². The molecular weight excluding hydrogens is 316 g/mol. The van der Waals surface area contributed by atoms with Gasteiger partial charge in [-0.2, -0.15) is 0 Å². The second-order valence-corrected chi connectivity index (χ2v) is 7.34. The van der Waals surface area contributed by atoms with Crippen molar-refractivity contribution in [1.82, 2.24) is 0 Å². The van der Waals surface area contributed by atoms with Crippen LogP contribution in [0.1, 0.15) is 59.1 Å². The minimum atomic E-state index is 0.345. The molecule has 0 saturated carbocycles. The third-order valence-corrected chi connectivity index (χ3v) is 5.52. The molecule has 3 rings (SSSR count). The van der Waals surface area contributed by atoms with Crippen molar-refractivity contribution < 1.29 is 0 Å². The van der Waals surface area contributed by atoms with Crippen LogP contribution in [0.25, 0.3) is 0 Å². The normalized spacial score (nSPS) is 13.4. The van der Waals surface area contributed by atoms with Crippen LogP contribution in [0.3, 0.4) is 0 Å². The van der Waals surface area contributed by atoms with E-state index in [2.05, 4.69) is 76.2 Å². The molecule has 0 amide bonds. The molecule has 0 bridgehead atoms. The Bertz CT molecular complexity index is 833. The van der Waals surface area contributed by atoms with Crippen LogP contribution >= 0.6 is 0 Å². The van der Waals surface area contributed by atoms with Gasteiger partial charge in [0, 0.05) is 23.2 Å². The van der Waals surface area contributed by atoms with Crippen molar-refractivity contribution in [3.8, 4) is 0 Å². The third-order valence-electron chi connectivity index (χ3n) is 5.52. The average Bonchev–Trinajstić information content (AvgIpc) is 2.65. The lowest BCUT2D eigenvalue weighted by Crippen LogP contribution is -2.01. The Morgan fingerprint density at radius 1 is 0.538 bits per heavy atom. The molecule has 0 aliphatic heterocycles. The summed E-state index contributed by atoms with van der Waals surface area (Å²) in [4.78, 5) is 0. The fraction of sp³-hybridized carbons (Fsp3) is 0.250. The molecule has 2 unspecified atom stereocenters. The molecule has 0 spiro atoms. The van der Waals surface area contributed by atoms with E-state index in [4.69, 9.17) is 11.5 Å². The molecule has 26 heavy (non-hydrogen) atoms. The quantitative estimate of drug-likeness (QED) is 0.590. The molecule has 2 heteroatoms. The summed E-state index contributed by atoms with van der Waals surface area (Å²) < 4.78 is 0.